The van der Waals surface area contributed by atoms with Gasteiger partial charge in [-0.3, -0.25) is 0 Å². The molecule has 1 aromatic rings. The van der Waals surface area contributed by atoms with E-state index in [1.807, 2.05) is 0 Å². The van der Waals surface area contributed by atoms with Crippen LogP contribution in [0, 0.1) is 0 Å². The predicted molar refractivity (Wildman–Crippen MR) is 75.8 cm³/mol. The molecular formula is C16H24N2. The van der Waals surface area contributed by atoms with Gasteiger partial charge in [0, 0.05) is 12.1 Å². The van der Waals surface area contributed by atoms with Crippen LogP contribution in [0.5, 0.6) is 0 Å². The molecule has 2 nitrogen and oxygen atoms in total. The fourth-order valence-corrected chi connectivity index (χ4v) is 3.48. The van der Waals surface area contributed by atoms with Crippen LogP contribution in [0.25, 0.3) is 0 Å². The number of rotatable bonds is 3. The van der Waals surface area contributed by atoms with Gasteiger partial charge in [-0.25, -0.2) is 0 Å². The molecule has 2 atom stereocenters. The number of nitrogens with zero attached hydrogens (tertiary/aromatic N) is 1. The molecule has 1 N–H and O–H groups in total. The van der Waals surface area contributed by atoms with E-state index in [2.05, 4.69) is 40.5 Å². The van der Waals surface area contributed by atoms with Crippen molar-refractivity contribution < 1.29 is 0 Å². The summed E-state index contributed by atoms with van der Waals surface area (Å²) in [5.41, 5.74) is 1.47. The first kappa shape index (κ1) is 12.2. The van der Waals surface area contributed by atoms with Gasteiger partial charge in [-0.05, 0) is 57.3 Å². The molecule has 2 heterocycles. The molecule has 2 aliphatic rings. The minimum Gasteiger partial charge on any atom is -0.314 e. The highest BCUT2D eigenvalue weighted by atomic mass is 15.2. The molecular weight excluding hydrogens is 220 g/mol. The van der Waals surface area contributed by atoms with Crippen molar-refractivity contribution in [2.24, 2.45) is 0 Å². The van der Waals surface area contributed by atoms with E-state index in [-0.39, 0.29) is 0 Å². The van der Waals surface area contributed by atoms with Gasteiger partial charge in [-0.15, -0.1) is 0 Å². The summed E-state index contributed by atoms with van der Waals surface area (Å²) in [7, 11) is 0. The maximum atomic E-state index is 3.69. The number of likely N-dealkylation sites (tertiary alicyclic amines) is 1. The van der Waals surface area contributed by atoms with Crippen LogP contribution in [0.2, 0.25) is 0 Å². The number of nitrogens with one attached hydrogen (secondary N) is 1. The third-order valence-electron chi connectivity index (χ3n) is 4.45. The maximum Gasteiger partial charge on any atom is 0.0122 e. The molecule has 0 aromatic heterocycles. The molecule has 2 heteroatoms. The van der Waals surface area contributed by atoms with Gasteiger partial charge in [-0.1, -0.05) is 30.3 Å². The molecule has 98 valence electrons. The van der Waals surface area contributed by atoms with Gasteiger partial charge >= 0.3 is 0 Å². The number of piperidine rings is 1. The summed E-state index contributed by atoms with van der Waals surface area (Å²) in [4.78, 5) is 2.72. The summed E-state index contributed by atoms with van der Waals surface area (Å²) < 4.78 is 0. The van der Waals surface area contributed by atoms with Crippen LogP contribution in [0.15, 0.2) is 30.3 Å². The van der Waals surface area contributed by atoms with E-state index >= 15 is 0 Å². The highest BCUT2D eigenvalue weighted by Crippen LogP contribution is 2.22. The Kier molecular flexibility index (Phi) is 3.96. The van der Waals surface area contributed by atoms with Crippen molar-refractivity contribution in [3.63, 3.8) is 0 Å². The fraction of sp³-hybridized carbons (Fsp3) is 0.625. The summed E-state index contributed by atoms with van der Waals surface area (Å²) in [5, 5.41) is 3.69. The van der Waals surface area contributed by atoms with E-state index in [4.69, 9.17) is 0 Å². The van der Waals surface area contributed by atoms with Crippen molar-refractivity contribution >= 4 is 0 Å². The average Bonchev–Trinajstić information content (AvgIpc) is 2.94. The number of hydrogen-bond acceptors (Lipinski definition) is 2. The molecule has 2 fully saturated rings. The smallest absolute Gasteiger partial charge is 0.0122 e. The van der Waals surface area contributed by atoms with Gasteiger partial charge in [0.1, 0.15) is 0 Å². The van der Waals surface area contributed by atoms with Gasteiger partial charge in [0.25, 0.3) is 0 Å². The average molecular weight is 244 g/mol. The molecule has 1 aromatic carbocycles. The zero-order valence-electron chi connectivity index (χ0n) is 11.1. The van der Waals surface area contributed by atoms with Gasteiger partial charge in [0.2, 0.25) is 0 Å². The summed E-state index contributed by atoms with van der Waals surface area (Å²) in [6, 6.07) is 12.4. The van der Waals surface area contributed by atoms with Gasteiger partial charge < -0.3 is 10.2 Å². The second kappa shape index (κ2) is 5.85. The number of hydrogen-bond donors (Lipinski definition) is 1. The molecule has 0 amide bonds. The van der Waals surface area contributed by atoms with Crippen LogP contribution in [-0.2, 0) is 6.42 Å². The fourth-order valence-electron chi connectivity index (χ4n) is 3.48. The first-order valence-electron chi connectivity index (χ1n) is 7.43. The zero-order valence-corrected chi connectivity index (χ0v) is 11.1. The van der Waals surface area contributed by atoms with Crippen LogP contribution >= 0.6 is 0 Å². The summed E-state index contributed by atoms with van der Waals surface area (Å²) in [5.74, 6) is 0. The molecule has 0 bridgehead atoms. The lowest BCUT2D eigenvalue weighted by Gasteiger charge is -2.36. The van der Waals surface area contributed by atoms with Gasteiger partial charge in [-0.2, -0.15) is 0 Å². The maximum absolute atomic E-state index is 3.69. The highest BCUT2D eigenvalue weighted by Gasteiger charge is 2.27. The van der Waals surface area contributed by atoms with Crippen LogP contribution in [0.1, 0.15) is 31.2 Å². The third kappa shape index (κ3) is 2.93. The normalized spacial score (nSPS) is 29.6. The molecule has 2 unspecified atom stereocenters. The Balaban J connectivity index is 1.56. The Hall–Kier alpha value is -0.860. The first-order valence-corrected chi connectivity index (χ1v) is 7.43. The Labute approximate surface area is 110 Å². The standard InChI is InChI=1S/C16H24N2/c1-2-6-14(7-3-1)12-15-13-16(8-9-17-15)18-10-4-5-11-18/h1-3,6-7,15-17H,4-5,8-13H2. The quantitative estimate of drug-likeness (QED) is 0.878. The highest BCUT2D eigenvalue weighted by molar-refractivity contribution is 5.16. The summed E-state index contributed by atoms with van der Waals surface area (Å²) in [6.45, 7) is 3.87. The SMILES string of the molecule is c1ccc(CC2CC(N3CCCC3)CCN2)cc1. The van der Waals surface area contributed by atoms with Gasteiger partial charge in [0.05, 0.1) is 0 Å². The van der Waals surface area contributed by atoms with Crippen molar-refractivity contribution in [3.05, 3.63) is 35.9 Å². The monoisotopic (exact) mass is 244 g/mol. The summed E-state index contributed by atoms with van der Waals surface area (Å²) in [6.07, 6.45) is 6.67. The second-order valence-corrected chi connectivity index (χ2v) is 5.76. The molecule has 2 aliphatic heterocycles. The van der Waals surface area contributed by atoms with Crippen LogP contribution < -0.4 is 5.32 Å². The minimum absolute atomic E-state index is 0.673. The third-order valence-corrected chi connectivity index (χ3v) is 4.45. The van der Waals surface area contributed by atoms with Crippen LogP contribution in [0.3, 0.4) is 0 Å². The molecule has 0 radical (unpaired) electrons. The summed E-state index contributed by atoms with van der Waals surface area (Å²) >= 11 is 0. The predicted octanol–water partition coefficient (Wildman–Crippen LogP) is 2.45. The molecule has 18 heavy (non-hydrogen) atoms. The van der Waals surface area contributed by atoms with E-state index in [0.717, 1.165) is 6.04 Å². The van der Waals surface area contributed by atoms with Crippen LogP contribution in [-0.4, -0.2) is 36.6 Å². The van der Waals surface area contributed by atoms with E-state index < -0.39 is 0 Å². The Bertz CT molecular complexity index is 357. The first-order chi connectivity index (χ1) is 8.92. The van der Waals surface area contributed by atoms with Crippen molar-refractivity contribution in [2.75, 3.05) is 19.6 Å². The van der Waals surface area contributed by atoms with E-state index in [1.165, 1.54) is 57.3 Å². The van der Waals surface area contributed by atoms with Crippen molar-refractivity contribution in [2.45, 2.75) is 44.2 Å². The molecule has 0 aliphatic carbocycles. The number of benzene rings is 1. The largest absolute Gasteiger partial charge is 0.314 e. The molecule has 0 saturated carbocycles. The lowest BCUT2D eigenvalue weighted by molar-refractivity contribution is 0.174. The molecule has 0 spiro atoms. The molecule has 3 rings (SSSR count). The Morgan fingerprint density at radius 3 is 2.67 bits per heavy atom. The Morgan fingerprint density at radius 2 is 1.89 bits per heavy atom. The van der Waals surface area contributed by atoms with E-state index in [9.17, 15) is 0 Å². The van der Waals surface area contributed by atoms with Crippen molar-refractivity contribution in [1.82, 2.24) is 10.2 Å². The van der Waals surface area contributed by atoms with Crippen molar-refractivity contribution in [1.29, 1.82) is 0 Å². The van der Waals surface area contributed by atoms with E-state index in [0.29, 0.717) is 6.04 Å². The minimum atomic E-state index is 0.673. The zero-order chi connectivity index (χ0) is 12.2. The second-order valence-electron chi connectivity index (χ2n) is 5.76. The van der Waals surface area contributed by atoms with Crippen LogP contribution in [0.4, 0.5) is 0 Å². The van der Waals surface area contributed by atoms with Crippen molar-refractivity contribution in [3.8, 4) is 0 Å². The lowest BCUT2D eigenvalue weighted by atomic mass is 9.93. The van der Waals surface area contributed by atoms with Gasteiger partial charge in [0.15, 0.2) is 0 Å². The molecule has 2 saturated heterocycles. The van der Waals surface area contributed by atoms with E-state index in [1.54, 1.807) is 0 Å². The topological polar surface area (TPSA) is 15.3 Å². The lowest BCUT2D eigenvalue weighted by Crippen LogP contribution is -2.47. The Morgan fingerprint density at radius 1 is 1.11 bits per heavy atom.